The monoisotopic (exact) mass is 449 g/mol. The first-order chi connectivity index (χ1) is 14.4. The van der Waals surface area contributed by atoms with Gasteiger partial charge >= 0.3 is 5.97 Å². The van der Waals surface area contributed by atoms with Gasteiger partial charge in [0.2, 0.25) is 0 Å². The van der Waals surface area contributed by atoms with Crippen molar-refractivity contribution < 1.29 is 18.3 Å². The molecule has 1 aromatic heterocycles. The van der Waals surface area contributed by atoms with E-state index in [0.717, 1.165) is 62.6 Å². The van der Waals surface area contributed by atoms with Crippen LogP contribution in [0.5, 0.6) is 0 Å². The highest BCUT2D eigenvalue weighted by molar-refractivity contribution is 7.94. The lowest BCUT2D eigenvalue weighted by Gasteiger charge is -2.37. The second-order valence-corrected chi connectivity index (χ2v) is 10.9. The molecule has 2 aliphatic rings. The normalized spacial score (nSPS) is 20.4. The molecule has 1 unspecified atom stereocenters. The average Bonchev–Trinajstić information content (AvgIpc) is 3.42. The summed E-state index contributed by atoms with van der Waals surface area (Å²) in [4.78, 5) is 16.2. The molecule has 1 atom stereocenters. The highest BCUT2D eigenvalue weighted by Crippen LogP contribution is 2.33. The minimum absolute atomic E-state index is 0.0632. The van der Waals surface area contributed by atoms with E-state index in [1.165, 1.54) is 18.9 Å². The van der Waals surface area contributed by atoms with E-state index in [2.05, 4.69) is 14.5 Å². The molecule has 0 saturated carbocycles. The smallest absolute Gasteiger partial charge is 0.335 e. The zero-order valence-corrected chi connectivity index (χ0v) is 18.4. The summed E-state index contributed by atoms with van der Waals surface area (Å²) in [5.74, 6) is -0.554. The number of nitrogens with one attached hydrogen (secondary N) is 1. The van der Waals surface area contributed by atoms with Gasteiger partial charge in [-0.2, -0.15) is 0 Å². The van der Waals surface area contributed by atoms with Gasteiger partial charge in [0.15, 0.2) is 0 Å². The number of aromatic carboxylic acids is 1. The molecule has 2 saturated heterocycles. The molecule has 30 heavy (non-hydrogen) atoms. The van der Waals surface area contributed by atoms with Crippen LogP contribution in [0.3, 0.4) is 0 Å². The molecule has 9 heteroatoms. The number of sulfonamides is 1. The van der Waals surface area contributed by atoms with E-state index >= 15 is 0 Å². The summed E-state index contributed by atoms with van der Waals surface area (Å²) in [6, 6.07) is 7.92. The van der Waals surface area contributed by atoms with Crippen molar-refractivity contribution in [3.8, 4) is 0 Å². The van der Waals surface area contributed by atoms with E-state index in [0.29, 0.717) is 11.6 Å². The second kappa shape index (κ2) is 8.95. The zero-order valence-electron chi connectivity index (χ0n) is 16.8. The number of anilines is 2. The maximum atomic E-state index is 12.8. The van der Waals surface area contributed by atoms with Gasteiger partial charge in [-0.05, 0) is 74.3 Å². The molecule has 2 fully saturated rings. The maximum absolute atomic E-state index is 12.8. The first-order valence-corrected chi connectivity index (χ1v) is 12.7. The van der Waals surface area contributed by atoms with Crippen LogP contribution in [0.2, 0.25) is 0 Å². The van der Waals surface area contributed by atoms with Crippen LogP contribution in [0.15, 0.2) is 39.9 Å². The Hall–Kier alpha value is -2.10. The van der Waals surface area contributed by atoms with Crippen LogP contribution in [0.4, 0.5) is 11.4 Å². The van der Waals surface area contributed by atoms with Gasteiger partial charge in [-0.25, -0.2) is 13.2 Å². The third-order valence-corrected chi connectivity index (χ3v) is 8.59. The highest BCUT2D eigenvalue weighted by atomic mass is 32.2. The number of hydrogen-bond donors (Lipinski definition) is 2. The summed E-state index contributed by atoms with van der Waals surface area (Å²) in [6.45, 7) is 5.07. The standard InChI is InChI=1S/C21H27N3O4S2/c25-21(26)17-7-8-19(18(13-17)22-30(27,28)20-6-4-12-29-20)24-11-3-5-16(15-24)14-23-9-1-2-10-23/h4,6-8,12-13,16,22H,1-3,5,9-11,14-15H2,(H,25,26). The fraction of sp³-hybridized carbons (Fsp3) is 0.476. The Morgan fingerprint density at radius 2 is 1.97 bits per heavy atom. The number of carboxylic acid groups (broad SMARTS) is 1. The van der Waals surface area contributed by atoms with Gasteiger partial charge in [0, 0.05) is 19.6 Å². The predicted octanol–water partition coefficient (Wildman–Crippen LogP) is 3.56. The molecule has 162 valence electrons. The number of likely N-dealkylation sites (tertiary alicyclic amines) is 1. The minimum Gasteiger partial charge on any atom is -0.478 e. The summed E-state index contributed by atoms with van der Waals surface area (Å²) in [5.41, 5.74) is 1.13. The van der Waals surface area contributed by atoms with Gasteiger partial charge in [-0.3, -0.25) is 4.72 Å². The fourth-order valence-electron chi connectivity index (χ4n) is 4.40. The molecule has 7 nitrogen and oxygen atoms in total. The Labute approximate surface area is 181 Å². The number of hydrogen-bond acceptors (Lipinski definition) is 6. The molecule has 2 aliphatic heterocycles. The number of carbonyl (C=O) groups is 1. The van der Waals surface area contributed by atoms with Gasteiger partial charge in [-0.15, -0.1) is 11.3 Å². The molecule has 0 bridgehead atoms. The number of benzene rings is 1. The zero-order chi connectivity index (χ0) is 21.1. The molecule has 2 N–H and O–H groups in total. The quantitative estimate of drug-likeness (QED) is 0.672. The molecular weight excluding hydrogens is 422 g/mol. The Morgan fingerprint density at radius 1 is 1.17 bits per heavy atom. The van der Waals surface area contributed by atoms with Crippen molar-refractivity contribution in [2.75, 3.05) is 42.3 Å². The van der Waals surface area contributed by atoms with Crippen molar-refractivity contribution in [2.24, 2.45) is 5.92 Å². The van der Waals surface area contributed by atoms with E-state index in [-0.39, 0.29) is 9.77 Å². The molecule has 0 amide bonds. The van der Waals surface area contributed by atoms with Crippen LogP contribution in [0, 0.1) is 5.92 Å². The van der Waals surface area contributed by atoms with Gasteiger partial charge < -0.3 is 14.9 Å². The van der Waals surface area contributed by atoms with Crippen LogP contribution < -0.4 is 9.62 Å². The van der Waals surface area contributed by atoms with E-state index in [1.807, 2.05) is 0 Å². The lowest BCUT2D eigenvalue weighted by atomic mass is 9.96. The highest BCUT2D eigenvalue weighted by Gasteiger charge is 2.26. The molecule has 1 aromatic carbocycles. The number of carboxylic acids is 1. The largest absolute Gasteiger partial charge is 0.478 e. The van der Waals surface area contributed by atoms with Crippen molar-refractivity contribution in [1.29, 1.82) is 0 Å². The molecule has 0 aliphatic carbocycles. The van der Waals surface area contributed by atoms with Crippen molar-refractivity contribution in [1.82, 2.24) is 4.90 Å². The number of rotatable bonds is 7. The summed E-state index contributed by atoms with van der Waals surface area (Å²) in [6.07, 6.45) is 4.73. The summed E-state index contributed by atoms with van der Waals surface area (Å²) < 4.78 is 28.4. The van der Waals surface area contributed by atoms with E-state index < -0.39 is 16.0 Å². The van der Waals surface area contributed by atoms with Crippen molar-refractivity contribution in [2.45, 2.75) is 29.9 Å². The molecule has 0 radical (unpaired) electrons. The number of nitrogens with zero attached hydrogens (tertiary/aromatic N) is 2. The lowest BCUT2D eigenvalue weighted by Crippen LogP contribution is -2.40. The van der Waals surface area contributed by atoms with Crippen LogP contribution in [-0.4, -0.2) is 57.1 Å². The van der Waals surface area contributed by atoms with Gasteiger partial charge in [0.05, 0.1) is 16.9 Å². The maximum Gasteiger partial charge on any atom is 0.335 e. The van der Waals surface area contributed by atoms with Crippen molar-refractivity contribution >= 4 is 38.7 Å². The summed E-state index contributed by atoms with van der Waals surface area (Å²) >= 11 is 1.13. The Kier molecular flexibility index (Phi) is 6.31. The third kappa shape index (κ3) is 4.79. The Morgan fingerprint density at radius 3 is 2.67 bits per heavy atom. The first kappa shape index (κ1) is 21.1. The van der Waals surface area contributed by atoms with Crippen molar-refractivity contribution in [3.05, 3.63) is 41.3 Å². The SMILES string of the molecule is O=C(O)c1ccc(N2CCCC(CN3CCCC3)C2)c(NS(=O)(=O)c2cccs2)c1. The third-order valence-electron chi connectivity index (χ3n) is 5.82. The van der Waals surface area contributed by atoms with Crippen LogP contribution in [0.1, 0.15) is 36.0 Å². The van der Waals surface area contributed by atoms with Crippen LogP contribution in [0.25, 0.3) is 0 Å². The van der Waals surface area contributed by atoms with Gasteiger partial charge in [0.1, 0.15) is 4.21 Å². The fourth-order valence-corrected chi connectivity index (χ4v) is 6.46. The van der Waals surface area contributed by atoms with E-state index in [9.17, 15) is 18.3 Å². The van der Waals surface area contributed by atoms with Crippen LogP contribution in [-0.2, 0) is 10.0 Å². The summed E-state index contributed by atoms with van der Waals surface area (Å²) in [5, 5.41) is 11.1. The summed E-state index contributed by atoms with van der Waals surface area (Å²) in [7, 11) is -3.77. The lowest BCUT2D eigenvalue weighted by molar-refractivity contribution is 0.0697. The minimum atomic E-state index is -3.77. The molecular formula is C21H27N3O4S2. The van der Waals surface area contributed by atoms with E-state index in [1.54, 1.807) is 29.6 Å². The average molecular weight is 450 g/mol. The van der Waals surface area contributed by atoms with Crippen LogP contribution >= 0.6 is 11.3 Å². The Bertz CT molecular complexity index is 986. The Balaban J connectivity index is 1.59. The molecule has 3 heterocycles. The van der Waals surface area contributed by atoms with Crippen molar-refractivity contribution in [3.63, 3.8) is 0 Å². The number of thiophene rings is 1. The molecule has 0 spiro atoms. The first-order valence-electron chi connectivity index (χ1n) is 10.3. The van der Waals surface area contributed by atoms with E-state index in [4.69, 9.17) is 0 Å². The second-order valence-electron chi connectivity index (χ2n) is 8.04. The molecule has 2 aromatic rings. The topological polar surface area (TPSA) is 89.9 Å². The number of piperidine rings is 1. The molecule has 4 rings (SSSR count). The van der Waals surface area contributed by atoms with Gasteiger partial charge in [-0.1, -0.05) is 6.07 Å². The predicted molar refractivity (Wildman–Crippen MR) is 119 cm³/mol. The van der Waals surface area contributed by atoms with Gasteiger partial charge in [0.25, 0.3) is 10.0 Å².